The topological polar surface area (TPSA) is 68.5 Å². The number of hydrogen-bond acceptors (Lipinski definition) is 5. The molecule has 1 saturated carbocycles. The fourth-order valence-electron chi connectivity index (χ4n) is 2.85. The van der Waals surface area contributed by atoms with Gasteiger partial charge in [0.1, 0.15) is 5.75 Å². The maximum atomic E-state index is 13.0. The van der Waals surface area contributed by atoms with E-state index in [0.717, 1.165) is 29.7 Å². The molecule has 1 amide bonds. The van der Waals surface area contributed by atoms with Crippen LogP contribution in [0.2, 0.25) is 0 Å². The Labute approximate surface area is 151 Å². The first-order valence-electron chi connectivity index (χ1n) is 8.55. The SMILES string of the molecule is COc1ccc(CN(C(=O)c2cc(-c3cccnc3)on2)C2CC2)cc1. The second kappa shape index (κ2) is 7.00. The van der Waals surface area contributed by atoms with Crippen molar-refractivity contribution in [3.63, 3.8) is 0 Å². The number of pyridine rings is 1. The van der Waals surface area contributed by atoms with Crippen molar-refractivity contribution in [1.82, 2.24) is 15.0 Å². The highest BCUT2D eigenvalue weighted by molar-refractivity contribution is 5.93. The van der Waals surface area contributed by atoms with E-state index in [1.54, 1.807) is 25.6 Å². The lowest BCUT2D eigenvalue weighted by molar-refractivity contribution is 0.0719. The molecule has 0 atom stereocenters. The third-order valence-electron chi connectivity index (χ3n) is 4.44. The highest BCUT2D eigenvalue weighted by Crippen LogP contribution is 2.30. The molecule has 0 bridgehead atoms. The van der Waals surface area contributed by atoms with Gasteiger partial charge in [0, 0.05) is 36.6 Å². The molecule has 26 heavy (non-hydrogen) atoms. The predicted octanol–water partition coefficient (Wildman–Crippen LogP) is 3.55. The fourth-order valence-corrected chi connectivity index (χ4v) is 2.85. The van der Waals surface area contributed by atoms with Gasteiger partial charge in [0.05, 0.1) is 7.11 Å². The summed E-state index contributed by atoms with van der Waals surface area (Å²) in [4.78, 5) is 18.9. The summed E-state index contributed by atoms with van der Waals surface area (Å²) in [6.45, 7) is 0.544. The van der Waals surface area contributed by atoms with E-state index >= 15 is 0 Å². The van der Waals surface area contributed by atoms with E-state index in [2.05, 4.69) is 10.1 Å². The van der Waals surface area contributed by atoms with Gasteiger partial charge in [-0.15, -0.1) is 0 Å². The average molecular weight is 349 g/mol. The van der Waals surface area contributed by atoms with Gasteiger partial charge < -0.3 is 14.2 Å². The van der Waals surface area contributed by atoms with Crippen LogP contribution in [0.1, 0.15) is 28.9 Å². The zero-order valence-corrected chi connectivity index (χ0v) is 14.5. The molecule has 1 aliphatic rings. The molecule has 2 aromatic heterocycles. The maximum absolute atomic E-state index is 13.0. The molecule has 0 unspecified atom stereocenters. The molecule has 132 valence electrons. The van der Waals surface area contributed by atoms with Crippen molar-refractivity contribution in [2.24, 2.45) is 0 Å². The van der Waals surface area contributed by atoms with E-state index in [4.69, 9.17) is 9.26 Å². The molecule has 6 heteroatoms. The van der Waals surface area contributed by atoms with Crippen molar-refractivity contribution in [1.29, 1.82) is 0 Å². The van der Waals surface area contributed by atoms with Crippen LogP contribution in [0.5, 0.6) is 5.75 Å². The molecule has 4 rings (SSSR count). The Kier molecular flexibility index (Phi) is 4.39. The molecule has 1 aliphatic carbocycles. The number of hydrogen-bond donors (Lipinski definition) is 0. The van der Waals surface area contributed by atoms with E-state index in [0.29, 0.717) is 18.0 Å². The number of carbonyl (C=O) groups is 1. The Morgan fingerprint density at radius 1 is 1.27 bits per heavy atom. The summed E-state index contributed by atoms with van der Waals surface area (Å²) < 4.78 is 10.5. The maximum Gasteiger partial charge on any atom is 0.276 e. The molecular weight excluding hydrogens is 330 g/mol. The molecule has 1 fully saturated rings. The van der Waals surface area contributed by atoms with Gasteiger partial charge in [-0.25, -0.2) is 0 Å². The Bertz CT molecular complexity index is 886. The van der Waals surface area contributed by atoms with Gasteiger partial charge in [-0.1, -0.05) is 17.3 Å². The number of methoxy groups -OCH3 is 1. The standard InChI is InChI=1S/C20H19N3O3/c1-25-17-8-4-14(5-9-17)13-23(16-6-7-16)20(24)18-11-19(26-22-18)15-3-2-10-21-12-15/h2-5,8-12,16H,6-7,13H2,1H3. The Morgan fingerprint density at radius 2 is 2.08 bits per heavy atom. The van der Waals surface area contributed by atoms with Gasteiger partial charge in [0.25, 0.3) is 5.91 Å². The van der Waals surface area contributed by atoms with E-state index in [1.807, 2.05) is 41.3 Å². The monoisotopic (exact) mass is 349 g/mol. The quantitative estimate of drug-likeness (QED) is 0.681. The fraction of sp³-hybridized carbons (Fsp3) is 0.250. The zero-order valence-electron chi connectivity index (χ0n) is 14.5. The Morgan fingerprint density at radius 3 is 2.73 bits per heavy atom. The van der Waals surface area contributed by atoms with Crippen LogP contribution in [0.4, 0.5) is 0 Å². The third kappa shape index (κ3) is 3.44. The van der Waals surface area contributed by atoms with Gasteiger partial charge in [0.2, 0.25) is 0 Å². The molecule has 0 saturated heterocycles. The second-order valence-corrected chi connectivity index (χ2v) is 6.33. The highest BCUT2D eigenvalue weighted by Gasteiger charge is 2.34. The molecule has 3 aromatic rings. The summed E-state index contributed by atoms with van der Waals surface area (Å²) in [6, 6.07) is 13.4. The molecule has 6 nitrogen and oxygen atoms in total. The highest BCUT2D eigenvalue weighted by atomic mass is 16.5. The van der Waals surface area contributed by atoms with E-state index < -0.39 is 0 Å². The van der Waals surface area contributed by atoms with Crippen molar-refractivity contribution < 1.29 is 14.1 Å². The van der Waals surface area contributed by atoms with Crippen molar-refractivity contribution >= 4 is 5.91 Å². The van der Waals surface area contributed by atoms with Gasteiger partial charge in [-0.05, 0) is 42.7 Å². The smallest absolute Gasteiger partial charge is 0.276 e. The first kappa shape index (κ1) is 16.3. The van der Waals surface area contributed by atoms with E-state index in [-0.39, 0.29) is 11.9 Å². The van der Waals surface area contributed by atoms with Crippen molar-refractivity contribution in [2.75, 3.05) is 7.11 Å². The van der Waals surface area contributed by atoms with Crippen LogP contribution in [0.25, 0.3) is 11.3 Å². The van der Waals surface area contributed by atoms with Crippen LogP contribution >= 0.6 is 0 Å². The number of rotatable bonds is 6. The molecule has 0 spiro atoms. The third-order valence-corrected chi connectivity index (χ3v) is 4.44. The first-order valence-corrected chi connectivity index (χ1v) is 8.55. The number of nitrogens with zero attached hydrogens (tertiary/aromatic N) is 3. The largest absolute Gasteiger partial charge is 0.497 e. The summed E-state index contributed by atoms with van der Waals surface area (Å²) in [5.41, 5.74) is 2.18. The van der Waals surface area contributed by atoms with Crippen molar-refractivity contribution in [2.45, 2.75) is 25.4 Å². The summed E-state index contributed by atoms with van der Waals surface area (Å²) in [5.74, 6) is 1.24. The van der Waals surface area contributed by atoms with Gasteiger partial charge >= 0.3 is 0 Å². The molecular formula is C20H19N3O3. The Hall–Kier alpha value is -3.15. The van der Waals surface area contributed by atoms with E-state index in [1.165, 1.54) is 0 Å². The van der Waals surface area contributed by atoms with Crippen LogP contribution in [0.3, 0.4) is 0 Å². The predicted molar refractivity (Wildman–Crippen MR) is 95.6 cm³/mol. The lowest BCUT2D eigenvalue weighted by Gasteiger charge is -2.21. The summed E-state index contributed by atoms with van der Waals surface area (Å²) in [6.07, 6.45) is 5.42. The molecule has 0 radical (unpaired) electrons. The minimum atomic E-state index is -0.109. The van der Waals surface area contributed by atoms with E-state index in [9.17, 15) is 4.79 Å². The first-order chi connectivity index (χ1) is 12.7. The van der Waals surface area contributed by atoms with Crippen LogP contribution in [0, 0.1) is 0 Å². The lowest BCUT2D eigenvalue weighted by atomic mass is 10.2. The van der Waals surface area contributed by atoms with Crippen LogP contribution < -0.4 is 4.74 Å². The minimum absolute atomic E-state index is 0.109. The van der Waals surface area contributed by atoms with Crippen LogP contribution in [-0.4, -0.2) is 34.1 Å². The summed E-state index contributed by atoms with van der Waals surface area (Å²) in [5, 5.41) is 3.98. The number of aromatic nitrogens is 2. The van der Waals surface area contributed by atoms with Crippen molar-refractivity contribution in [3.05, 3.63) is 66.1 Å². The van der Waals surface area contributed by atoms with Crippen LogP contribution in [-0.2, 0) is 6.54 Å². The number of ether oxygens (including phenoxy) is 1. The van der Waals surface area contributed by atoms with Gasteiger partial charge in [0.15, 0.2) is 11.5 Å². The van der Waals surface area contributed by atoms with Crippen LogP contribution in [0.15, 0.2) is 59.4 Å². The number of benzene rings is 1. The lowest BCUT2D eigenvalue weighted by Crippen LogP contribution is -2.32. The van der Waals surface area contributed by atoms with Gasteiger partial charge in [-0.3, -0.25) is 9.78 Å². The normalized spacial score (nSPS) is 13.4. The van der Waals surface area contributed by atoms with Gasteiger partial charge in [-0.2, -0.15) is 0 Å². The molecule has 0 aliphatic heterocycles. The molecule has 1 aromatic carbocycles. The van der Waals surface area contributed by atoms with Crippen molar-refractivity contribution in [3.8, 4) is 17.1 Å². The number of carbonyl (C=O) groups excluding carboxylic acids is 1. The molecule has 0 N–H and O–H groups in total. The number of amides is 1. The summed E-state index contributed by atoms with van der Waals surface area (Å²) >= 11 is 0. The average Bonchev–Trinajstić information content (AvgIpc) is 3.42. The minimum Gasteiger partial charge on any atom is -0.497 e. The Balaban J connectivity index is 1.53. The second-order valence-electron chi connectivity index (χ2n) is 6.33. The molecule has 2 heterocycles. The zero-order chi connectivity index (χ0) is 17.9. The summed E-state index contributed by atoms with van der Waals surface area (Å²) in [7, 11) is 1.64.